The number of rotatable bonds is 9. The SMILES string of the molecule is CCOC(=O)Cc1cccc(OCCCCCBr)c1. The zero-order valence-corrected chi connectivity index (χ0v) is 12.9. The second-order valence-corrected chi connectivity index (χ2v) is 5.02. The smallest absolute Gasteiger partial charge is 0.310 e. The number of carbonyl (C=O) groups is 1. The third kappa shape index (κ3) is 7.21. The summed E-state index contributed by atoms with van der Waals surface area (Å²) in [6, 6.07) is 7.64. The molecule has 1 aromatic carbocycles. The average molecular weight is 329 g/mol. The molecule has 0 radical (unpaired) electrons. The third-order valence-corrected chi connectivity index (χ3v) is 3.16. The van der Waals surface area contributed by atoms with E-state index < -0.39 is 0 Å². The van der Waals surface area contributed by atoms with E-state index >= 15 is 0 Å². The summed E-state index contributed by atoms with van der Waals surface area (Å²) in [5.41, 5.74) is 0.927. The zero-order valence-electron chi connectivity index (χ0n) is 11.4. The third-order valence-electron chi connectivity index (χ3n) is 2.60. The molecule has 0 heterocycles. The van der Waals surface area contributed by atoms with E-state index in [9.17, 15) is 4.79 Å². The van der Waals surface area contributed by atoms with Crippen LogP contribution in [0.2, 0.25) is 0 Å². The molecule has 0 saturated heterocycles. The summed E-state index contributed by atoms with van der Waals surface area (Å²) in [6.45, 7) is 2.95. The molecule has 1 rings (SSSR count). The van der Waals surface area contributed by atoms with Gasteiger partial charge in [0, 0.05) is 5.33 Å². The summed E-state index contributed by atoms with van der Waals surface area (Å²) < 4.78 is 10.6. The minimum absolute atomic E-state index is 0.197. The van der Waals surface area contributed by atoms with Crippen molar-refractivity contribution >= 4 is 21.9 Å². The van der Waals surface area contributed by atoms with Crippen molar-refractivity contribution in [2.75, 3.05) is 18.5 Å². The molecular formula is C15H21BrO3. The molecule has 0 unspecified atom stereocenters. The number of halogens is 1. The van der Waals surface area contributed by atoms with E-state index in [0.717, 1.165) is 36.1 Å². The van der Waals surface area contributed by atoms with Gasteiger partial charge in [-0.05, 0) is 43.9 Å². The molecule has 0 aliphatic carbocycles. The molecule has 0 fully saturated rings. The largest absolute Gasteiger partial charge is 0.494 e. The maximum atomic E-state index is 11.4. The quantitative estimate of drug-likeness (QED) is 0.393. The van der Waals surface area contributed by atoms with Crippen LogP contribution in [0.4, 0.5) is 0 Å². The highest BCUT2D eigenvalue weighted by molar-refractivity contribution is 9.09. The number of ether oxygens (including phenoxy) is 2. The highest BCUT2D eigenvalue weighted by Gasteiger charge is 2.04. The van der Waals surface area contributed by atoms with Crippen molar-refractivity contribution in [3.05, 3.63) is 29.8 Å². The van der Waals surface area contributed by atoms with Crippen molar-refractivity contribution in [3.63, 3.8) is 0 Å². The molecule has 0 amide bonds. The van der Waals surface area contributed by atoms with Crippen molar-refractivity contribution in [2.45, 2.75) is 32.6 Å². The molecule has 0 saturated carbocycles. The van der Waals surface area contributed by atoms with Gasteiger partial charge < -0.3 is 9.47 Å². The summed E-state index contributed by atoms with van der Waals surface area (Å²) in [5, 5.41) is 1.04. The van der Waals surface area contributed by atoms with Crippen molar-refractivity contribution in [1.82, 2.24) is 0 Å². The Hall–Kier alpha value is -1.03. The molecule has 0 spiro atoms. The molecule has 1 aromatic rings. The van der Waals surface area contributed by atoms with Crippen LogP contribution >= 0.6 is 15.9 Å². The van der Waals surface area contributed by atoms with Crippen LogP contribution in [0.3, 0.4) is 0 Å². The minimum Gasteiger partial charge on any atom is -0.494 e. The van der Waals surface area contributed by atoms with E-state index in [1.54, 1.807) is 0 Å². The molecule has 19 heavy (non-hydrogen) atoms. The van der Waals surface area contributed by atoms with Gasteiger partial charge in [-0.15, -0.1) is 0 Å². The van der Waals surface area contributed by atoms with E-state index in [-0.39, 0.29) is 5.97 Å². The minimum atomic E-state index is -0.197. The number of esters is 1. The van der Waals surface area contributed by atoms with Gasteiger partial charge in [0.05, 0.1) is 19.6 Å². The van der Waals surface area contributed by atoms with Crippen LogP contribution in [-0.2, 0) is 16.0 Å². The summed E-state index contributed by atoms with van der Waals surface area (Å²) >= 11 is 3.41. The highest BCUT2D eigenvalue weighted by Crippen LogP contribution is 2.15. The van der Waals surface area contributed by atoms with Crippen LogP contribution in [0.25, 0.3) is 0 Å². The van der Waals surface area contributed by atoms with Crippen molar-refractivity contribution < 1.29 is 14.3 Å². The van der Waals surface area contributed by atoms with Crippen molar-refractivity contribution in [3.8, 4) is 5.75 Å². The van der Waals surface area contributed by atoms with Crippen LogP contribution in [-0.4, -0.2) is 24.5 Å². The standard InChI is InChI=1S/C15H21BrO3/c1-2-18-15(17)12-13-7-6-8-14(11-13)19-10-5-3-4-9-16/h6-8,11H,2-5,9-10,12H2,1H3. The van der Waals surface area contributed by atoms with Crippen LogP contribution in [0.1, 0.15) is 31.7 Å². The Morgan fingerprint density at radius 3 is 2.84 bits per heavy atom. The van der Waals surface area contributed by atoms with Gasteiger partial charge in [0.15, 0.2) is 0 Å². The van der Waals surface area contributed by atoms with E-state index in [4.69, 9.17) is 9.47 Å². The predicted molar refractivity (Wildman–Crippen MR) is 79.9 cm³/mol. The first-order valence-corrected chi connectivity index (χ1v) is 7.81. The molecule has 0 bridgehead atoms. The van der Waals surface area contributed by atoms with Gasteiger partial charge in [-0.1, -0.05) is 28.1 Å². The fraction of sp³-hybridized carbons (Fsp3) is 0.533. The molecule has 3 nitrogen and oxygen atoms in total. The summed E-state index contributed by atoms with van der Waals surface area (Å²) in [6.07, 6.45) is 3.68. The van der Waals surface area contributed by atoms with Crippen molar-refractivity contribution in [2.24, 2.45) is 0 Å². The Balaban J connectivity index is 2.37. The lowest BCUT2D eigenvalue weighted by Gasteiger charge is -2.08. The van der Waals surface area contributed by atoms with Crippen LogP contribution in [0.15, 0.2) is 24.3 Å². The molecule has 0 aliphatic heterocycles. The Morgan fingerprint density at radius 2 is 2.11 bits per heavy atom. The maximum absolute atomic E-state index is 11.4. The topological polar surface area (TPSA) is 35.5 Å². The van der Waals surface area contributed by atoms with Gasteiger partial charge in [-0.3, -0.25) is 4.79 Å². The summed E-state index contributed by atoms with van der Waals surface area (Å²) in [4.78, 5) is 11.4. The van der Waals surface area contributed by atoms with Gasteiger partial charge in [-0.25, -0.2) is 0 Å². The molecule has 4 heteroatoms. The first-order chi connectivity index (χ1) is 9.26. The van der Waals surface area contributed by atoms with Crippen LogP contribution < -0.4 is 4.74 Å². The number of unbranched alkanes of at least 4 members (excludes halogenated alkanes) is 2. The van der Waals surface area contributed by atoms with Crippen LogP contribution in [0, 0.1) is 0 Å². The second kappa shape index (κ2) is 9.84. The highest BCUT2D eigenvalue weighted by atomic mass is 79.9. The van der Waals surface area contributed by atoms with Gasteiger partial charge >= 0.3 is 5.97 Å². The lowest BCUT2D eigenvalue weighted by atomic mass is 10.1. The van der Waals surface area contributed by atoms with Crippen molar-refractivity contribution in [1.29, 1.82) is 0 Å². The molecule has 0 N–H and O–H groups in total. The fourth-order valence-electron chi connectivity index (χ4n) is 1.69. The van der Waals surface area contributed by atoms with Crippen LogP contribution in [0.5, 0.6) is 5.75 Å². The number of benzene rings is 1. The number of hydrogen-bond donors (Lipinski definition) is 0. The number of alkyl halides is 1. The van der Waals surface area contributed by atoms with Gasteiger partial charge in [-0.2, -0.15) is 0 Å². The first-order valence-electron chi connectivity index (χ1n) is 6.69. The zero-order chi connectivity index (χ0) is 13.9. The normalized spacial score (nSPS) is 10.2. The van der Waals surface area contributed by atoms with Gasteiger partial charge in [0.2, 0.25) is 0 Å². The van der Waals surface area contributed by atoms with Gasteiger partial charge in [0.1, 0.15) is 5.75 Å². The second-order valence-electron chi connectivity index (χ2n) is 4.23. The molecular weight excluding hydrogens is 308 g/mol. The van der Waals surface area contributed by atoms with E-state index in [0.29, 0.717) is 13.0 Å². The molecule has 106 valence electrons. The fourth-order valence-corrected chi connectivity index (χ4v) is 2.08. The number of carbonyl (C=O) groups excluding carboxylic acids is 1. The molecule has 0 aliphatic rings. The maximum Gasteiger partial charge on any atom is 0.310 e. The van der Waals surface area contributed by atoms with E-state index in [1.807, 2.05) is 31.2 Å². The first kappa shape index (κ1) is 16.0. The van der Waals surface area contributed by atoms with E-state index in [2.05, 4.69) is 15.9 Å². The predicted octanol–water partition coefficient (Wildman–Crippen LogP) is 3.74. The Bertz CT molecular complexity index is 379. The molecule has 0 aromatic heterocycles. The lowest BCUT2D eigenvalue weighted by molar-refractivity contribution is -0.142. The number of hydrogen-bond acceptors (Lipinski definition) is 3. The Kier molecular flexibility index (Phi) is 8.30. The Morgan fingerprint density at radius 1 is 1.26 bits per heavy atom. The molecule has 0 atom stereocenters. The summed E-state index contributed by atoms with van der Waals surface area (Å²) in [5.74, 6) is 0.623. The van der Waals surface area contributed by atoms with E-state index in [1.165, 1.54) is 6.42 Å². The Labute approximate surface area is 123 Å². The monoisotopic (exact) mass is 328 g/mol. The average Bonchev–Trinajstić information content (AvgIpc) is 2.39. The lowest BCUT2D eigenvalue weighted by Crippen LogP contribution is -2.07. The van der Waals surface area contributed by atoms with Gasteiger partial charge in [0.25, 0.3) is 0 Å². The summed E-state index contributed by atoms with van der Waals surface area (Å²) in [7, 11) is 0.